The van der Waals surface area contributed by atoms with Gasteiger partial charge in [-0.15, -0.1) is 16.4 Å². The number of hydrogen-bond donors (Lipinski definition) is 0. The van der Waals surface area contributed by atoms with Crippen molar-refractivity contribution < 1.29 is 0 Å². The molecular weight excluding hydrogens is 404 g/mol. The number of aryl methyl sites for hydroxylation is 3. The predicted octanol–water partition coefficient (Wildman–Crippen LogP) is 4.07. The van der Waals surface area contributed by atoms with E-state index in [4.69, 9.17) is 4.98 Å². The van der Waals surface area contributed by atoms with Gasteiger partial charge in [-0.05, 0) is 60.4 Å². The van der Waals surface area contributed by atoms with E-state index in [1.54, 1.807) is 23.1 Å². The smallest absolute Gasteiger partial charge is 0.263 e. The minimum Gasteiger partial charge on any atom is -0.287 e. The lowest BCUT2D eigenvalue weighted by Crippen LogP contribution is -2.24. The first-order chi connectivity index (χ1) is 14.1. The fourth-order valence-electron chi connectivity index (χ4n) is 3.76. The summed E-state index contributed by atoms with van der Waals surface area (Å²) in [6, 6.07) is 0. The first-order valence-corrected chi connectivity index (χ1v) is 12.3. The number of nitrogens with zero attached hydrogens (tertiary/aromatic N) is 6. The fourth-order valence-corrected chi connectivity index (χ4v) is 6.02. The van der Waals surface area contributed by atoms with E-state index in [0.29, 0.717) is 18.2 Å². The van der Waals surface area contributed by atoms with Gasteiger partial charge in [0.15, 0.2) is 11.0 Å². The summed E-state index contributed by atoms with van der Waals surface area (Å²) >= 11 is 3.28. The third kappa shape index (κ3) is 4.26. The second kappa shape index (κ2) is 8.95. The quantitative estimate of drug-likeness (QED) is 0.394. The zero-order chi connectivity index (χ0) is 20.4. The molecule has 7 nitrogen and oxygen atoms in total. The SMILES string of the molecule is CCCn1nnnc1CSc1nc2sc3c(c2c(=O)n1CCC(C)C)CCCC3. The molecule has 1 aliphatic rings. The van der Waals surface area contributed by atoms with Gasteiger partial charge in [0.25, 0.3) is 5.56 Å². The van der Waals surface area contributed by atoms with Gasteiger partial charge in [0.2, 0.25) is 0 Å². The van der Waals surface area contributed by atoms with Crippen molar-refractivity contribution in [2.75, 3.05) is 0 Å². The lowest BCUT2D eigenvalue weighted by molar-refractivity contribution is 0.481. The molecule has 156 valence electrons. The molecule has 0 radical (unpaired) electrons. The van der Waals surface area contributed by atoms with Crippen molar-refractivity contribution in [2.45, 2.75) is 83.3 Å². The zero-order valence-electron chi connectivity index (χ0n) is 17.3. The van der Waals surface area contributed by atoms with Gasteiger partial charge in [0.1, 0.15) is 4.83 Å². The number of fused-ring (bicyclic) bond motifs is 3. The Morgan fingerprint density at radius 2 is 2.03 bits per heavy atom. The van der Waals surface area contributed by atoms with Crippen LogP contribution in [0.5, 0.6) is 0 Å². The van der Waals surface area contributed by atoms with Crippen LogP contribution in [0.2, 0.25) is 0 Å². The Labute approximate surface area is 178 Å². The van der Waals surface area contributed by atoms with Gasteiger partial charge in [-0.3, -0.25) is 9.36 Å². The molecular formula is C20H28N6OS2. The number of tetrazole rings is 1. The molecule has 3 heterocycles. The molecule has 3 aromatic rings. The molecule has 0 amide bonds. The molecule has 0 aliphatic heterocycles. The molecule has 3 aromatic heterocycles. The average molecular weight is 433 g/mol. The first kappa shape index (κ1) is 20.5. The van der Waals surface area contributed by atoms with Crippen molar-refractivity contribution in [2.24, 2.45) is 5.92 Å². The molecule has 0 fully saturated rings. The van der Waals surface area contributed by atoms with Crippen molar-refractivity contribution in [1.82, 2.24) is 29.8 Å². The van der Waals surface area contributed by atoms with Crippen molar-refractivity contribution in [3.63, 3.8) is 0 Å². The van der Waals surface area contributed by atoms with E-state index in [0.717, 1.165) is 53.4 Å². The number of hydrogen-bond acceptors (Lipinski definition) is 7. The number of thiophene rings is 1. The van der Waals surface area contributed by atoms with Gasteiger partial charge in [-0.2, -0.15) is 0 Å². The average Bonchev–Trinajstić information content (AvgIpc) is 3.29. The molecule has 0 aromatic carbocycles. The van der Waals surface area contributed by atoms with E-state index in [2.05, 4.69) is 36.3 Å². The summed E-state index contributed by atoms with van der Waals surface area (Å²) in [7, 11) is 0. The van der Waals surface area contributed by atoms with Crippen LogP contribution in [0.4, 0.5) is 0 Å². The predicted molar refractivity (Wildman–Crippen MR) is 118 cm³/mol. The van der Waals surface area contributed by atoms with Crippen LogP contribution in [-0.4, -0.2) is 29.8 Å². The van der Waals surface area contributed by atoms with Gasteiger partial charge in [-0.25, -0.2) is 9.67 Å². The lowest BCUT2D eigenvalue weighted by Gasteiger charge is -2.14. The van der Waals surface area contributed by atoms with Crippen LogP contribution in [0.1, 0.15) is 62.7 Å². The highest BCUT2D eigenvalue weighted by Gasteiger charge is 2.22. The Balaban J connectivity index is 1.71. The maximum atomic E-state index is 13.5. The normalized spacial score (nSPS) is 14.1. The van der Waals surface area contributed by atoms with E-state index >= 15 is 0 Å². The highest BCUT2D eigenvalue weighted by atomic mass is 32.2. The zero-order valence-corrected chi connectivity index (χ0v) is 19.0. The van der Waals surface area contributed by atoms with Gasteiger partial charge in [0, 0.05) is 18.0 Å². The Morgan fingerprint density at radius 1 is 1.21 bits per heavy atom. The van der Waals surface area contributed by atoms with Crippen LogP contribution >= 0.6 is 23.1 Å². The van der Waals surface area contributed by atoms with Gasteiger partial charge in [0.05, 0.1) is 11.1 Å². The molecule has 29 heavy (non-hydrogen) atoms. The molecule has 0 atom stereocenters. The van der Waals surface area contributed by atoms with Crippen molar-refractivity contribution in [3.05, 3.63) is 26.6 Å². The molecule has 9 heteroatoms. The monoisotopic (exact) mass is 432 g/mol. The van der Waals surface area contributed by atoms with Crippen molar-refractivity contribution in [3.8, 4) is 0 Å². The molecule has 0 bridgehead atoms. The summed E-state index contributed by atoms with van der Waals surface area (Å²) in [5.74, 6) is 1.97. The molecule has 0 N–H and O–H groups in total. The number of rotatable bonds is 8. The molecule has 0 unspecified atom stereocenters. The van der Waals surface area contributed by atoms with Crippen LogP contribution in [-0.2, 0) is 31.7 Å². The Bertz CT molecular complexity index is 1050. The van der Waals surface area contributed by atoms with Crippen molar-refractivity contribution in [1.29, 1.82) is 0 Å². The van der Waals surface area contributed by atoms with Crippen molar-refractivity contribution >= 4 is 33.3 Å². The molecule has 4 rings (SSSR count). The summed E-state index contributed by atoms with van der Waals surface area (Å²) in [5.41, 5.74) is 1.39. The van der Waals surface area contributed by atoms with E-state index in [1.165, 1.54) is 23.3 Å². The van der Waals surface area contributed by atoms with Gasteiger partial charge in [-0.1, -0.05) is 32.5 Å². The third-order valence-electron chi connectivity index (χ3n) is 5.34. The van der Waals surface area contributed by atoms with E-state index in [-0.39, 0.29) is 5.56 Å². The summed E-state index contributed by atoms with van der Waals surface area (Å²) in [4.78, 5) is 20.7. The second-order valence-electron chi connectivity index (χ2n) is 8.03. The van der Waals surface area contributed by atoms with Crippen LogP contribution < -0.4 is 5.56 Å². The van der Waals surface area contributed by atoms with E-state index in [9.17, 15) is 4.79 Å². The van der Waals surface area contributed by atoms with E-state index in [1.807, 2.05) is 9.25 Å². The Kier molecular flexibility index (Phi) is 6.34. The highest BCUT2D eigenvalue weighted by Crippen LogP contribution is 2.35. The van der Waals surface area contributed by atoms with Crippen LogP contribution in [0.3, 0.4) is 0 Å². The number of thioether (sulfide) groups is 1. The maximum Gasteiger partial charge on any atom is 0.263 e. The van der Waals surface area contributed by atoms with Crippen LogP contribution in [0, 0.1) is 5.92 Å². The fraction of sp³-hybridized carbons (Fsp3) is 0.650. The third-order valence-corrected chi connectivity index (χ3v) is 7.50. The minimum atomic E-state index is 0.130. The summed E-state index contributed by atoms with van der Waals surface area (Å²) in [5, 5.41) is 13.7. The summed E-state index contributed by atoms with van der Waals surface area (Å²) < 4.78 is 3.73. The summed E-state index contributed by atoms with van der Waals surface area (Å²) in [6.07, 6.45) is 6.40. The second-order valence-corrected chi connectivity index (χ2v) is 10.1. The largest absolute Gasteiger partial charge is 0.287 e. The molecule has 0 spiro atoms. The van der Waals surface area contributed by atoms with Crippen LogP contribution in [0.15, 0.2) is 9.95 Å². The van der Waals surface area contributed by atoms with Gasteiger partial charge >= 0.3 is 0 Å². The Morgan fingerprint density at radius 3 is 2.83 bits per heavy atom. The topological polar surface area (TPSA) is 78.5 Å². The standard InChI is InChI=1S/C20H28N6OS2/c1-4-10-26-16(22-23-24-26)12-28-20-21-18-17(14-7-5-6-8-15(14)29-18)19(27)25(20)11-9-13(2)3/h13H,4-12H2,1-3H3. The Hall–Kier alpha value is -1.74. The maximum absolute atomic E-state index is 13.5. The van der Waals surface area contributed by atoms with Gasteiger partial charge < -0.3 is 0 Å². The molecule has 0 saturated heterocycles. The molecule has 1 aliphatic carbocycles. The molecule has 0 saturated carbocycles. The van der Waals surface area contributed by atoms with E-state index < -0.39 is 0 Å². The summed E-state index contributed by atoms with van der Waals surface area (Å²) in [6.45, 7) is 7.99. The minimum absolute atomic E-state index is 0.130. The van der Waals surface area contributed by atoms with Crippen LogP contribution in [0.25, 0.3) is 10.2 Å². The first-order valence-electron chi connectivity index (χ1n) is 10.5. The highest BCUT2D eigenvalue weighted by molar-refractivity contribution is 7.98. The lowest BCUT2D eigenvalue weighted by atomic mass is 9.97. The number of aromatic nitrogens is 6.